The number of carbonyl (C=O) groups is 1. The normalized spacial score (nSPS) is 11.3. The molecule has 1 heterocycles. The number of rotatable bonds is 8. The molecule has 7 nitrogen and oxygen atoms in total. The number of carboxylic acid groups (broad SMARTS) is 1. The van der Waals surface area contributed by atoms with Crippen LogP contribution in [0.1, 0.15) is 17.0 Å². The molecule has 0 spiro atoms. The van der Waals surface area contributed by atoms with E-state index >= 15 is 0 Å². The molecule has 9 heteroatoms. The molecule has 0 unspecified atom stereocenters. The van der Waals surface area contributed by atoms with Gasteiger partial charge in [-0.05, 0) is 60.2 Å². The van der Waals surface area contributed by atoms with E-state index in [1.807, 2.05) is 12.1 Å². The van der Waals surface area contributed by atoms with E-state index < -0.39 is 5.97 Å². The minimum absolute atomic E-state index is 0.0842. The molecule has 2 aromatic carbocycles. The zero-order valence-electron chi connectivity index (χ0n) is 15.7. The highest BCUT2D eigenvalue weighted by molar-refractivity contribution is 8.04. The number of aliphatic carboxylic acids is 1. The minimum Gasteiger partial charge on any atom is -0.493 e. The summed E-state index contributed by atoms with van der Waals surface area (Å²) in [7, 11) is 1.53. The molecule has 0 saturated heterocycles. The largest absolute Gasteiger partial charge is 0.493 e. The van der Waals surface area contributed by atoms with Crippen LogP contribution < -0.4 is 9.47 Å². The van der Waals surface area contributed by atoms with Crippen LogP contribution >= 0.6 is 23.4 Å². The molecule has 0 amide bonds. The molecule has 0 saturated carbocycles. The summed E-state index contributed by atoms with van der Waals surface area (Å²) in [5, 5.41) is 17.1. The van der Waals surface area contributed by atoms with E-state index in [0.717, 1.165) is 17.3 Å². The van der Waals surface area contributed by atoms with Crippen LogP contribution in [0.3, 0.4) is 0 Å². The van der Waals surface area contributed by atoms with Crippen LogP contribution in [-0.2, 0) is 11.4 Å². The third kappa shape index (κ3) is 5.75. The summed E-state index contributed by atoms with van der Waals surface area (Å²) >= 11 is 6.85. The Bertz CT molecular complexity index is 1030. The van der Waals surface area contributed by atoms with Gasteiger partial charge in [-0.3, -0.25) is 5.10 Å². The lowest BCUT2D eigenvalue weighted by atomic mass is 10.2. The zero-order chi connectivity index (χ0) is 20.8. The van der Waals surface area contributed by atoms with Crippen LogP contribution in [0.25, 0.3) is 6.08 Å². The topological polar surface area (TPSA) is 97.3 Å². The number of aromatic amines is 1. The number of thioether (sulfide) groups is 1. The number of hydrogen-bond acceptors (Lipinski definition) is 6. The number of H-pyrrole nitrogens is 1. The number of halogens is 1. The lowest BCUT2D eigenvalue weighted by Gasteiger charge is -2.12. The molecule has 0 bridgehead atoms. The van der Waals surface area contributed by atoms with E-state index in [4.69, 9.17) is 21.1 Å². The maximum absolute atomic E-state index is 11.6. The maximum Gasteiger partial charge on any atom is 0.342 e. The number of nitrogens with one attached hydrogen (secondary N) is 1. The van der Waals surface area contributed by atoms with Crippen LogP contribution in [-0.4, -0.2) is 33.4 Å². The van der Waals surface area contributed by atoms with Crippen molar-refractivity contribution < 1.29 is 19.4 Å². The molecule has 0 aliphatic carbocycles. The van der Waals surface area contributed by atoms with Gasteiger partial charge in [0, 0.05) is 5.02 Å². The van der Waals surface area contributed by atoms with Gasteiger partial charge in [-0.25, -0.2) is 9.78 Å². The summed E-state index contributed by atoms with van der Waals surface area (Å²) in [6, 6.07) is 12.6. The number of benzene rings is 2. The summed E-state index contributed by atoms with van der Waals surface area (Å²) in [4.78, 5) is 15.8. The van der Waals surface area contributed by atoms with Crippen molar-refractivity contribution in [3.05, 3.63) is 69.3 Å². The lowest BCUT2D eigenvalue weighted by Crippen LogP contribution is -1.99. The van der Waals surface area contributed by atoms with Crippen molar-refractivity contribution in [2.45, 2.75) is 18.7 Å². The van der Waals surface area contributed by atoms with Gasteiger partial charge in [0.2, 0.25) is 5.16 Å². The highest BCUT2D eigenvalue weighted by Gasteiger charge is 2.14. The summed E-state index contributed by atoms with van der Waals surface area (Å²) < 4.78 is 11.2. The van der Waals surface area contributed by atoms with Gasteiger partial charge in [-0.1, -0.05) is 29.8 Å². The quantitative estimate of drug-likeness (QED) is 0.398. The van der Waals surface area contributed by atoms with Crippen molar-refractivity contribution in [2.24, 2.45) is 0 Å². The molecule has 0 atom stereocenters. The first kappa shape index (κ1) is 20.8. The predicted molar refractivity (Wildman–Crippen MR) is 111 cm³/mol. The van der Waals surface area contributed by atoms with Gasteiger partial charge in [-0.2, -0.15) is 0 Å². The number of methoxy groups -OCH3 is 1. The van der Waals surface area contributed by atoms with E-state index in [-0.39, 0.29) is 4.91 Å². The van der Waals surface area contributed by atoms with Crippen molar-refractivity contribution >= 4 is 35.4 Å². The van der Waals surface area contributed by atoms with E-state index in [9.17, 15) is 9.90 Å². The van der Waals surface area contributed by atoms with Gasteiger partial charge in [0.05, 0.1) is 7.11 Å². The van der Waals surface area contributed by atoms with Gasteiger partial charge >= 0.3 is 5.97 Å². The second-order valence-corrected chi connectivity index (χ2v) is 7.39. The molecule has 150 valence electrons. The minimum atomic E-state index is -1.07. The fourth-order valence-electron chi connectivity index (χ4n) is 2.39. The Hall–Kier alpha value is -2.97. The average molecular weight is 432 g/mol. The van der Waals surface area contributed by atoms with Crippen molar-refractivity contribution in [2.75, 3.05) is 7.11 Å². The third-order valence-corrected chi connectivity index (χ3v) is 4.91. The average Bonchev–Trinajstić information content (AvgIpc) is 3.12. The summed E-state index contributed by atoms with van der Waals surface area (Å²) in [5.74, 6) is 0.588. The highest BCUT2D eigenvalue weighted by atomic mass is 35.5. The molecule has 0 radical (unpaired) electrons. The summed E-state index contributed by atoms with van der Waals surface area (Å²) in [6.45, 7) is 2.10. The maximum atomic E-state index is 11.6. The van der Waals surface area contributed by atoms with Crippen molar-refractivity contribution in [3.63, 3.8) is 0 Å². The Balaban J connectivity index is 1.77. The van der Waals surface area contributed by atoms with Gasteiger partial charge in [-0.15, -0.1) is 5.10 Å². The summed E-state index contributed by atoms with van der Waals surface area (Å²) in [5.41, 5.74) is 1.62. The molecular weight excluding hydrogens is 414 g/mol. The van der Waals surface area contributed by atoms with Crippen LogP contribution in [0.5, 0.6) is 11.5 Å². The molecule has 0 fully saturated rings. The summed E-state index contributed by atoms with van der Waals surface area (Å²) in [6.07, 6.45) is 1.53. The van der Waals surface area contributed by atoms with E-state index in [1.165, 1.54) is 13.2 Å². The molecule has 29 heavy (non-hydrogen) atoms. The Morgan fingerprint density at radius 3 is 2.62 bits per heavy atom. The molecule has 2 N–H and O–H groups in total. The molecule has 0 aliphatic rings. The van der Waals surface area contributed by atoms with Crippen LogP contribution in [0, 0.1) is 6.92 Å². The van der Waals surface area contributed by atoms with E-state index in [2.05, 4.69) is 15.2 Å². The molecule has 3 rings (SSSR count). The number of carboxylic acids is 1. The van der Waals surface area contributed by atoms with E-state index in [0.29, 0.717) is 39.7 Å². The predicted octanol–water partition coefficient (Wildman–Crippen LogP) is 4.57. The fraction of sp³-hybridized carbons (Fsp3) is 0.150. The lowest BCUT2D eigenvalue weighted by molar-refractivity contribution is -0.131. The monoisotopic (exact) mass is 431 g/mol. The van der Waals surface area contributed by atoms with Gasteiger partial charge in [0.15, 0.2) is 11.5 Å². The third-order valence-electron chi connectivity index (χ3n) is 3.78. The number of hydrogen-bond donors (Lipinski definition) is 2. The second-order valence-electron chi connectivity index (χ2n) is 5.94. The van der Waals surface area contributed by atoms with Gasteiger partial charge < -0.3 is 14.6 Å². The Morgan fingerprint density at radius 2 is 2.00 bits per heavy atom. The van der Waals surface area contributed by atoms with Crippen LogP contribution in [0.15, 0.2) is 52.5 Å². The smallest absolute Gasteiger partial charge is 0.342 e. The molecule has 1 aromatic heterocycles. The van der Waals surface area contributed by atoms with Crippen molar-refractivity contribution in [1.82, 2.24) is 15.2 Å². The van der Waals surface area contributed by atoms with Gasteiger partial charge in [0.1, 0.15) is 17.3 Å². The molecular formula is C20H18ClN3O4S. The number of ether oxygens (including phenoxy) is 2. The SMILES string of the molecule is COc1cc(C=C(Sc2n[nH]c(C)n2)C(=O)O)ccc1OCc1ccc(Cl)cc1. The molecule has 3 aromatic rings. The number of aryl methyl sites for hydroxylation is 1. The van der Waals surface area contributed by atoms with E-state index in [1.54, 1.807) is 37.3 Å². The van der Waals surface area contributed by atoms with Crippen molar-refractivity contribution in [3.8, 4) is 11.5 Å². The molecule has 0 aliphatic heterocycles. The first-order chi connectivity index (χ1) is 13.9. The second kappa shape index (κ2) is 9.49. The first-order valence-electron chi connectivity index (χ1n) is 8.51. The number of nitrogens with zero attached hydrogens (tertiary/aromatic N) is 2. The van der Waals surface area contributed by atoms with Gasteiger partial charge in [0.25, 0.3) is 0 Å². The Morgan fingerprint density at radius 1 is 1.24 bits per heavy atom. The van der Waals surface area contributed by atoms with Crippen LogP contribution in [0.4, 0.5) is 0 Å². The van der Waals surface area contributed by atoms with Crippen LogP contribution in [0.2, 0.25) is 5.02 Å². The number of aromatic nitrogens is 3. The Kier molecular flexibility index (Phi) is 6.79. The van der Waals surface area contributed by atoms with Crippen molar-refractivity contribution in [1.29, 1.82) is 0 Å². The fourth-order valence-corrected chi connectivity index (χ4v) is 3.27. The first-order valence-corrected chi connectivity index (χ1v) is 9.71. The Labute approximate surface area is 176 Å². The zero-order valence-corrected chi connectivity index (χ0v) is 17.3. The highest BCUT2D eigenvalue weighted by Crippen LogP contribution is 2.32. The standard InChI is InChI=1S/C20H18ClN3O4S/c1-12-22-20(24-23-12)29-18(19(25)26)10-14-5-8-16(17(9-14)27-2)28-11-13-3-6-15(21)7-4-13/h3-10H,11H2,1-2H3,(H,25,26)(H,22,23,24).